The molecular formula is C9H17N3O3S. The fourth-order valence-electron chi connectivity index (χ4n) is 1.20. The number of hydrogen-bond acceptors (Lipinski definition) is 4. The van der Waals surface area contributed by atoms with Crippen LogP contribution >= 0.6 is 0 Å². The highest BCUT2D eigenvalue weighted by molar-refractivity contribution is 7.89. The minimum atomic E-state index is -3.56. The van der Waals surface area contributed by atoms with Crippen molar-refractivity contribution in [2.24, 2.45) is 13.0 Å². The first-order valence-electron chi connectivity index (χ1n) is 4.99. The van der Waals surface area contributed by atoms with Crippen LogP contribution in [-0.2, 0) is 17.1 Å². The minimum Gasteiger partial charge on any atom is -0.396 e. The number of aromatic nitrogens is 2. The van der Waals surface area contributed by atoms with Crippen molar-refractivity contribution in [2.45, 2.75) is 24.9 Å². The van der Waals surface area contributed by atoms with Crippen molar-refractivity contribution in [3.05, 3.63) is 12.3 Å². The molecule has 0 aliphatic carbocycles. The second-order valence-electron chi connectivity index (χ2n) is 3.86. The van der Waals surface area contributed by atoms with Gasteiger partial charge in [0, 0.05) is 19.7 Å². The normalized spacial score (nSPS) is 16.0. The van der Waals surface area contributed by atoms with Gasteiger partial charge in [0.25, 0.3) is 10.0 Å². The maximum Gasteiger partial charge on any atom is 0.257 e. The Hall–Kier alpha value is -0.920. The van der Waals surface area contributed by atoms with Crippen LogP contribution in [0, 0.1) is 5.92 Å². The molecule has 0 aliphatic heterocycles. The average molecular weight is 247 g/mol. The van der Waals surface area contributed by atoms with E-state index in [9.17, 15) is 8.42 Å². The van der Waals surface area contributed by atoms with E-state index in [1.165, 1.54) is 16.9 Å². The first-order chi connectivity index (χ1) is 7.38. The van der Waals surface area contributed by atoms with Crippen molar-refractivity contribution in [1.29, 1.82) is 0 Å². The zero-order chi connectivity index (χ0) is 12.3. The lowest BCUT2D eigenvalue weighted by atomic mass is 10.1. The SMILES string of the molecule is CC(CO)C(C)NS(=O)(=O)c1ccnn1C. The van der Waals surface area contributed by atoms with E-state index in [2.05, 4.69) is 9.82 Å². The molecule has 2 N–H and O–H groups in total. The smallest absolute Gasteiger partial charge is 0.257 e. The van der Waals surface area contributed by atoms with Gasteiger partial charge in [-0.05, 0) is 18.9 Å². The van der Waals surface area contributed by atoms with Crippen LogP contribution in [0.5, 0.6) is 0 Å². The summed E-state index contributed by atoms with van der Waals surface area (Å²) in [5, 5.41) is 12.9. The second kappa shape index (κ2) is 4.94. The number of aliphatic hydroxyl groups is 1. The van der Waals surface area contributed by atoms with Gasteiger partial charge in [-0.3, -0.25) is 4.68 Å². The van der Waals surface area contributed by atoms with Crippen LogP contribution in [0.3, 0.4) is 0 Å². The lowest BCUT2D eigenvalue weighted by Gasteiger charge is -2.18. The van der Waals surface area contributed by atoms with Crippen molar-refractivity contribution in [3.63, 3.8) is 0 Å². The molecule has 6 nitrogen and oxygen atoms in total. The Morgan fingerprint density at radius 1 is 1.56 bits per heavy atom. The largest absolute Gasteiger partial charge is 0.396 e. The molecule has 92 valence electrons. The summed E-state index contributed by atoms with van der Waals surface area (Å²) in [6.45, 7) is 3.43. The number of nitrogens with one attached hydrogen (secondary N) is 1. The van der Waals surface area contributed by atoms with E-state index in [-0.39, 0.29) is 23.6 Å². The third-order valence-electron chi connectivity index (χ3n) is 2.53. The van der Waals surface area contributed by atoms with E-state index in [0.29, 0.717) is 0 Å². The van der Waals surface area contributed by atoms with Crippen LogP contribution in [0.4, 0.5) is 0 Å². The molecule has 0 saturated heterocycles. The molecule has 16 heavy (non-hydrogen) atoms. The molecule has 0 amide bonds. The number of hydrogen-bond donors (Lipinski definition) is 2. The number of aryl methyl sites for hydroxylation is 1. The van der Waals surface area contributed by atoms with Gasteiger partial charge in [-0.1, -0.05) is 6.92 Å². The Morgan fingerprint density at radius 3 is 2.62 bits per heavy atom. The molecule has 0 spiro atoms. The van der Waals surface area contributed by atoms with E-state index in [0.717, 1.165) is 0 Å². The Bertz CT molecular complexity index is 441. The second-order valence-corrected chi connectivity index (χ2v) is 5.52. The van der Waals surface area contributed by atoms with Gasteiger partial charge < -0.3 is 5.11 Å². The van der Waals surface area contributed by atoms with Crippen molar-refractivity contribution in [2.75, 3.05) is 6.61 Å². The number of nitrogens with zero attached hydrogens (tertiary/aromatic N) is 2. The molecule has 1 aromatic heterocycles. The van der Waals surface area contributed by atoms with Gasteiger partial charge in [-0.15, -0.1) is 0 Å². The summed E-state index contributed by atoms with van der Waals surface area (Å²) in [7, 11) is -2.00. The predicted octanol–water partition coefficient (Wildman–Crippen LogP) is -0.285. The van der Waals surface area contributed by atoms with Crippen LogP contribution in [0.1, 0.15) is 13.8 Å². The average Bonchev–Trinajstić information content (AvgIpc) is 2.63. The van der Waals surface area contributed by atoms with Crippen LogP contribution in [0.25, 0.3) is 0 Å². The van der Waals surface area contributed by atoms with Crippen LogP contribution in [0.2, 0.25) is 0 Å². The van der Waals surface area contributed by atoms with Gasteiger partial charge in [0.2, 0.25) is 0 Å². The highest BCUT2D eigenvalue weighted by Gasteiger charge is 2.22. The standard InChI is InChI=1S/C9H17N3O3S/c1-7(6-13)8(2)11-16(14,15)9-4-5-10-12(9)3/h4-5,7-8,11,13H,6H2,1-3H3. The van der Waals surface area contributed by atoms with Gasteiger partial charge in [-0.2, -0.15) is 5.10 Å². The fourth-order valence-corrected chi connectivity index (χ4v) is 2.68. The van der Waals surface area contributed by atoms with Gasteiger partial charge in [0.15, 0.2) is 5.03 Å². The summed E-state index contributed by atoms with van der Waals surface area (Å²) in [4.78, 5) is 0. The van der Waals surface area contributed by atoms with E-state index >= 15 is 0 Å². The molecular weight excluding hydrogens is 230 g/mol. The molecule has 1 aromatic rings. The van der Waals surface area contributed by atoms with Crippen LogP contribution in [-0.4, -0.2) is 36.0 Å². The number of sulfonamides is 1. The molecule has 1 heterocycles. The van der Waals surface area contributed by atoms with Crippen molar-refractivity contribution in [1.82, 2.24) is 14.5 Å². The van der Waals surface area contributed by atoms with Crippen LogP contribution < -0.4 is 4.72 Å². The monoisotopic (exact) mass is 247 g/mol. The van der Waals surface area contributed by atoms with E-state index in [4.69, 9.17) is 5.11 Å². The Labute approximate surface area is 95.3 Å². The molecule has 0 bridgehead atoms. The number of rotatable bonds is 5. The highest BCUT2D eigenvalue weighted by Crippen LogP contribution is 2.09. The fraction of sp³-hybridized carbons (Fsp3) is 0.667. The molecule has 0 aliphatic rings. The summed E-state index contributed by atoms with van der Waals surface area (Å²) in [6, 6.07) is 1.10. The third kappa shape index (κ3) is 2.81. The lowest BCUT2D eigenvalue weighted by Crippen LogP contribution is -2.39. The molecule has 0 saturated carbocycles. The molecule has 1 rings (SSSR count). The van der Waals surface area contributed by atoms with E-state index in [1.807, 2.05) is 0 Å². The van der Waals surface area contributed by atoms with E-state index < -0.39 is 10.0 Å². The Morgan fingerprint density at radius 2 is 2.19 bits per heavy atom. The topological polar surface area (TPSA) is 84.2 Å². The van der Waals surface area contributed by atoms with Gasteiger partial charge in [0.05, 0.1) is 6.20 Å². The zero-order valence-corrected chi connectivity index (χ0v) is 10.4. The van der Waals surface area contributed by atoms with Crippen molar-refractivity contribution < 1.29 is 13.5 Å². The zero-order valence-electron chi connectivity index (χ0n) is 9.58. The maximum atomic E-state index is 11.9. The molecule has 7 heteroatoms. The summed E-state index contributed by atoms with van der Waals surface area (Å²) in [5.74, 6) is -0.136. The highest BCUT2D eigenvalue weighted by atomic mass is 32.2. The molecule has 2 atom stereocenters. The van der Waals surface area contributed by atoms with Crippen LogP contribution in [0.15, 0.2) is 17.3 Å². The predicted molar refractivity (Wildman–Crippen MR) is 59.2 cm³/mol. The molecule has 0 radical (unpaired) electrons. The van der Waals surface area contributed by atoms with Crippen molar-refractivity contribution in [3.8, 4) is 0 Å². The minimum absolute atomic E-state index is 0.0604. The lowest BCUT2D eigenvalue weighted by molar-refractivity contribution is 0.216. The quantitative estimate of drug-likeness (QED) is 0.749. The third-order valence-corrected chi connectivity index (χ3v) is 4.17. The molecule has 0 fully saturated rings. The van der Waals surface area contributed by atoms with Gasteiger partial charge in [-0.25, -0.2) is 13.1 Å². The molecule has 2 unspecified atom stereocenters. The van der Waals surface area contributed by atoms with Gasteiger partial charge in [0.1, 0.15) is 0 Å². The Kier molecular flexibility index (Phi) is 4.06. The summed E-state index contributed by atoms with van der Waals surface area (Å²) >= 11 is 0. The van der Waals surface area contributed by atoms with Gasteiger partial charge >= 0.3 is 0 Å². The summed E-state index contributed by atoms with van der Waals surface area (Å²) in [5.41, 5.74) is 0. The number of aliphatic hydroxyl groups excluding tert-OH is 1. The maximum absolute atomic E-state index is 11.9. The Balaban J connectivity index is 2.85. The molecule has 0 aromatic carbocycles. The summed E-state index contributed by atoms with van der Waals surface area (Å²) in [6.07, 6.45) is 1.43. The first-order valence-corrected chi connectivity index (χ1v) is 6.48. The van der Waals surface area contributed by atoms with E-state index in [1.54, 1.807) is 20.9 Å². The summed E-state index contributed by atoms with van der Waals surface area (Å²) < 4.78 is 27.6. The van der Waals surface area contributed by atoms with Crippen molar-refractivity contribution >= 4 is 10.0 Å². The first kappa shape index (κ1) is 13.1.